The molecule has 0 aromatic heterocycles. The molecule has 3 rings (SSSR count). The second-order valence-corrected chi connectivity index (χ2v) is 11.5. The molecular formula is C23H26F4N2O3S2. The zero-order chi connectivity index (χ0) is 25.1. The highest BCUT2D eigenvalue weighted by molar-refractivity contribution is 8.00. The third-order valence-corrected chi connectivity index (χ3v) is 7.65. The molecule has 1 saturated carbocycles. The molecule has 0 heterocycles. The molecule has 0 radical (unpaired) electrons. The Hall–Kier alpha value is -2.27. The van der Waals surface area contributed by atoms with Crippen LogP contribution in [0.25, 0.3) is 0 Å². The van der Waals surface area contributed by atoms with Crippen molar-refractivity contribution >= 4 is 33.4 Å². The lowest BCUT2D eigenvalue weighted by Gasteiger charge is -2.18. The van der Waals surface area contributed by atoms with Gasteiger partial charge in [-0.05, 0) is 55.2 Å². The van der Waals surface area contributed by atoms with Crippen LogP contribution in [0.1, 0.15) is 55.2 Å². The number of rotatable bonds is 8. The third kappa shape index (κ3) is 7.11. The monoisotopic (exact) mass is 518 g/mol. The number of carbonyl (C=O) groups is 1. The molecule has 1 amide bonds. The highest BCUT2D eigenvalue weighted by Gasteiger charge is 2.31. The number of sulfonamides is 1. The molecular weight excluding hydrogens is 492 g/mol. The number of amides is 1. The Kier molecular flexibility index (Phi) is 8.18. The van der Waals surface area contributed by atoms with Crippen molar-refractivity contribution in [1.29, 1.82) is 0 Å². The van der Waals surface area contributed by atoms with Crippen LogP contribution in [0.4, 0.5) is 23.2 Å². The molecule has 11 heteroatoms. The van der Waals surface area contributed by atoms with Crippen molar-refractivity contribution < 1.29 is 30.8 Å². The number of hydrogen-bond donors (Lipinski definition) is 2. The van der Waals surface area contributed by atoms with E-state index in [9.17, 15) is 30.8 Å². The van der Waals surface area contributed by atoms with Gasteiger partial charge in [-0.15, -0.1) is 11.8 Å². The van der Waals surface area contributed by atoms with Crippen molar-refractivity contribution in [3.8, 4) is 0 Å². The summed E-state index contributed by atoms with van der Waals surface area (Å²) in [5, 5.41) is 2.97. The Labute approximate surface area is 200 Å². The van der Waals surface area contributed by atoms with E-state index >= 15 is 0 Å². The molecule has 2 N–H and O–H groups in total. The number of hydrogen-bond acceptors (Lipinski definition) is 4. The zero-order valence-electron chi connectivity index (χ0n) is 18.7. The van der Waals surface area contributed by atoms with E-state index in [1.807, 2.05) is 0 Å². The van der Waals surface area contributed by atoms with Crippen LogP contribution in [0.2, 0.25) is 0 Å². The molecule has 0 saturated heterocycles. The SMILES string of the molecule is C[C@H](C(=O)NCc1ccc(C(F)(F)F)cc1SC1CCCC1)c1ccc(NS(C)(=O)=O)c(F)c1. The summed E-state index contributed by atoms with van der Waals surface area (Å²) in [6.45, 7) is 1.60. The van der Waals surface area contributed by atoms with Gasteiger partial charge in [0.25, 0.3) is 0 Å². The number of benzene rings is 2. The number of halogens is 4. The Morgan fingerprint density at radius 3 is 2.41 bits per heavy atom. The lowest BCUT2D eigenvalue weighted by Crippen LogP contribution is -2.28. The smallest absolute Gasteiger partial charge is 0.351 e. The number of thioether (sulfide) groups is 1. The molecule has 1 aliphatic rings. The van der Waals surface area contributed by atoms with E-state index in [4.69, 9.17) is 0 Å². The van der Waals surface area contributed by atoms with Gasteiger partial charge < -0.3 is 5.32 Å². The van der Waals surface area contributed by atoms with Crippen molar-refractivity contribution in [3.63, 3.8) is 0 Å². The van der Waals surface area contributed by atoms with Crippen LogP contribution in [0.3, 0.4) is 0 Å². The second-order valence-electron chi connectivity index (χ2n) is 8.40. The van der Waals surface area contributed by atoms with E-state index in [0.717, 1.165) is 50.1 Å². The predicted molar refractivity (Wildman–Crippen MR) is 125 cm³/mol. The lowest BCUT2D eigenvalue weighted by molar-refractivity contribution is -0.137. The van der Waals surface area contributed by atoms with Gasteiger partial charge in [0.1, 0.15) is 5.82 Å². The zero-order valence-corrected chi connectivity index (χ0v) is 20.3. The van der Waals surface area contributed by atoms with Crippen LogP contribution in [0, 0.1) is 5.82 Å². The molecule has 2 aromatic carbocycles. The number of anilines is 1. The summed E-state index contributed by atoms with van der Waals surface area (Å²) in [6.07, 6.45) is 0.434. The molecule has 1 aliphatic carbocycles. The largest absolute Gasteiger partial charge is 0.416 e. The summed E-state index contributed by atoms with van der Waals surface area (Å²) < 4.78 is 78.6. The average molecular weight is 519 g/mol. The highest BCUT2D eigenvalue weighted by atomic mass is 32.2. The van der Waals surface area contributed by atoms with Gasteiger partial charge in [0.2, 0.25) is 15.9 Å². The Morgan fingerprint density at radius 1 is 1.15 bits per heavy atom. The summed E-state index contributed by atoms with van der Waals surface area (Å²) in [4.78, 5) is 13.2. The molecule has 0 spiro atoms. The number of nitrogens with one attached hydrogen (secondary N) is 2. The van der Waals surface area contributed by atoms with Crippen LogP contribution in [0.15, 0.2) is 41.3 Å². The van der Waals surface area contributed by atoms with E-state index in [1.165, 1.54) is 30.0 Å². The number of alkyl halides is 3. The van der Waals surface area contributed by atoms with E-state index in [2.05, 4.69) is 10.0 Å². The van der Waals surface area contributed by atoms with E-state index in [1.54, 1.807) is 6.92 Å². The summed E-state index contributed by atoms with van der Waals surface area (Å²) >= 11 is 1.42. The molecule has 0 aliphatic heterocycles. The van der Waals surface area contributed by atoms with Crippen molar-refractivity contribution in [2.24, 2.45) is 0 Å². The standard InChI is InChI=1S/C23H26F4N2O3S2/c1-14(15-8-10-20(19(24)11-15)29-34(2,31)32)22(30)28-13-16-7-9-17(23(25,26)27)12-21(16)33-18-5-3-4-6-18/h7-12,14,18,29H,3-6,13H2,1-2H3,(H,28,30)/t14-/m0/s1. The van der Waals surface area contributed by atoms with E-state index in [-0.39, 0.29) is 17.5 Å². The first kappa shape index (κ1) is 26.3. The van der Waals surface area contributed by atoms with Crippen LogP contribution in [0.5, 0.6) is 0 Å². The minimum absolute atomic E-state index is 0.0343. The maximum atomic E-state index is 14.3. The minimum atomic E-state index is -4.45. The third-order valence-electron chi connectivity index (χ3n) is 5.63. The first-order chi connectivity index (χ1) is 15.8. The number of carbonyl (C=O) groups excluding carboxylic acids is 1. The van der Waals surface area contributed by atoms with Gasteiger partial charge in [-0.25, -0.2) is 12.8 Å². The Bertz CT molecular complexity index is 1150. The summed E-state index contributed by atoms with van der Waals surface area (Å²) in [7, 11) is -3.66. The normalized spacial score (nSPS) is 15.8. The van der Waals surface area contributed by atoms with Gasteiger partial charge >= 0.3 is 6.18 Å². The fourth-order valence-corrected chi connectivity index (χ4v) is 5.72. The van der Waals surface area contributed by atoms with Crippen LogP contribution < -0.4 is 10.0 Å². The first-order valence-corrected chi connectivity index (χ1v) is 13.5. The summed E-state index contributed by atoms with van der Waals surface area (Å²) in [5.74, 6) is -2.01. The molecule has 0 unspecified atom stereocenters. The van der Waals surface area contributed by atoms with Gasteiger partial charge in [-0.2, -0.15) is 13.2 Å². The van der Waals surface area contributed by atoms with Crippen molar-refractivity contribution in [3.05, 3.63) is 58.9 Å². The average Bonchev–Trinajstić information content (AvgIpc) is 3.25. The van der Waals surface area contributed by atoms with Crippen molar-refractivity contribution in [2.45, 2.75) is 61.4 Å². The van der Waals surface area contributed by atoms with Gasteiger partial charge in [-0.1, -0.05) is 25.0 Å². The minimum Gasteiger partial charge on any atom is -0.351 e. The topological polar surface area (TPSA) is 75.3 Å². The van der Waals surface area contributed by atoms with E-state index in [0.29, 0.717) is 16.0 Å². The van der Waals surface area contributed by atoms with Gasteiger partial charge in [0, 0.05) is 16.7 Å². The maximum absolute atomic E-state index is 14.3. The quantitative estimate of drug-likeness (QED) is 0.442. The molecule has 186 valence electrons. The molecule has 1 atom stereocenters. The fourth-order valence-electron chi connectivity index (χ4n) is 3.74. The van der Waals surface area contributed by atoms with Gasteiger partial charge in [-0.3, -0.25) is 9.52 Å². The fraction of sp³-hybridized carbons (Fsp3) is 0.435. The molecule has 0 bridgehead atoms. The van der Waals surface area contributed by atoms with Crippen LogP contribution in [-0.4, -0.2) is 25.8 Å². The molecule has 1 fully saturated rings. The first-order valence-electron chi connectivity index (χ1n) is 10.7. The predicted octanol–water partition coefficient (Wildman–Crippen LogP) is 5.67. The van der Waals surface area contributed by atoms with Crippen LogP contribution in [-0.2, 0) is 27.5 Å². The summed E-state index contributed by atoms with van der Waals surface area (Å²) in [5.41, 5.74) is -0.0294. The maximum Gasteiger partial charge on any atom is 0.416 e. The van der Waals surface area contributed by atoms with Gasteiger partial charge in [0.15, 0.2) is 0 Å². The van der Waals surface area contributed by atoms with Crippen molar-refractivity contribution in [2.75, 3.05) is 11.0 Å². The van der Waals surface area contributed by atoms with E-state index < -0.39 is 39.4 Å². The molecule has 5 nitrogen and oxygen atoms in total. The van der Waals surface area contributed by atoms with Gasteiger partial charge in [0.05, 0.1) is 23.4 Å². The highest BCUT2D eigenvalue weighted by Crippen LogP contribution is 2.39. The Balaban J connectivity index is 1.72. The van der Waals surface area contributed by atoms with Crippen molar-refractivity contribution in [1.82, 2.24) is 5.32 Å². The molecule has 34 heavy (non-hydrogen) atoms. The lowest BCUT2D eigenvalue weighted by atomic mass is 9.99. The molecule has 2 aromatic rings. The Morgan fingerprint density at radius 2 is 1.82 bits per heavy atom. The van der Waals surface area contributed by atoms with Crippen LogP contribution >= 0.6 is 11.8 Å². The summed E-state index contributed by atoms with van der Waals surface area (Å²) in [6, 6.07) is 7.29. The second kappa shape index (κ2) is 10.6.